The average molecular weight is 320 g/mol. The van der Waals surface area contributed by atoms with E-state index in [9.17, 15) is 8.42 Å². The first-order chi connectivity index (χ1) is 9.39. The van der Waals surface area contributed by atoms with Crippen LogP contribution in [0.5, 0.6) is 0 Å². The zero-order chi connectivity index (χ0) is 14.9. The SMILES string of the molecule is Cc1nn(CCCCl)c(C)c1S(=O)(=O)N1CCCC1C. The van der Waals surface area contributed by atoms with Crippen LogP contribution in [0.3, 0.4) is 0 Å². The molecule has 7 heteroatoms. The van der Waals surface area contributed by atoms with Gasteiger partial charge in [-0.05, 0) is 40.0 Å². The topological polar surface area (TPSA) is 55.2 Å². The van der Waals surface area contributed by atoms with Crippen LogP contribution in [0.1, 0.15) is 37.6 Å². The third kappa shape index (κ3) is 2.73. The van der Waals surface area contributed by atoms with E-state index in [1.54, 1.807) is 15.9 Å². The van der Waals surface area contributed by atoms with E-state index in [0.717, 1.165) is 19.3 Å². The van der Waals surface area contributed by atoms with Crippen LogP contribution >= 0.6 is 11.6 Å². The van der Waals surface area contributed by atoms with E-state index in [4.69, 9.17) is 11.6 Å². The van der Waals surface area contributed by atoms with E-state index >= 15 is 0 Å². The molecule has 1 aromatic heterocycles. The lowest BCUT2D eigenvalue weighted by atomic mass is 10.3. The summed E-state index contributed by atoms with van der Waals surface area (Å²) in [6.07, 6.45) is 2.64. The van der Waals surface area contributed by atoms with Crippen LogP contribution in [0.4, 0.5) is 0 Å². The van der Waals surface area contributed by atoms with Gasteiger partial charge in [0.15, 0.2) is 0 Å². The van der Waals surface area contributed by atoms with E-state index < -0.39 is 10.0 Å². The summed E-state index contributed by atoms with van der Waals surface area (Å²) in [7, 11) is -3.44. The van der Waals surface area contributed by atoms with Gasteiger partial charge in [0.05, 0.1) is 11.4 Å². The van der Waals surface area contributed by atoms with E-state index in [1.165, 1.54) is 0 Å². The number of hydrogen-bond acceptors (Lipinski definition) is 3. The monoisotopic (exact) mass is 319 g/mol. The summed E-state index contributed by atoms with van der Waals surface area (Å²) in [6, 6.07) is 0.0741. The molecule has 2 heterocycles. The quantitative estimate of drug-likeness (QED) is 0.783. The molecule has 2 rings (SSSR count). The van der Waals surface area contributed by atoms with Crippen molar-refractivity contribution in [3.05, 3.63) is 11.4 Å². The lowest BCUT2D eigenvalue weighted by Crippen LogP contribution is -2.34. The minimum absolute atomic E-state index is 0.0741. The lowest BCUT2D eigenvalue weighted by molar-refractivity contribution is 0.407. The molecule has 0 spiro atoms. The summed E-state index contributed by atoms with van der Waals surface area (Å²) in [5, 5.41) is 4.36. The van der Waals surface area contributed by atoms with Crippen molar-refractivity contribution in [2.45, 2.75) is 57.5 Å². The van der Waals surface area contributed by atoms with Crippen LogP contribution in [0.25, 0.3) is 0 Å². The Hall–Kier alpha value is -0.590. The van der Waals surface area contributed by atoms with E-state index in [1.807, 2.05) is 13.8 Å². The van der Waals surface area contributed by atoms with Gasteiger partial charge in [0.1, 0.15) is 4.90 Å². The summed E-state index contributed by atoms with van der Waals surface area (Å²) >= 11 is 5.70. The number of sulfonamides is 1. The maximum atomic E-state index is 12.8. The predicted molar refractivity (Wildman–Crippen MR) is 79.6 cm³/mol. The van der Waals surface area contributed by atoms with Crippen molar-refractivity contribution in [3.8, 4) is 0 Å². The minimum atomic E-state index is -3.44. The van der Waals surface area contributed by atoms with Crippen LogP contribution in [-0.2, 0) is 16.6 Å². The van der Waals surface area contributed by atoms with Crippen LogP contribution in [0.2, 0.25) is 0 Å². The molecule has 114 valence electrons. The third-order valence-corrected chi connectivity index (χ3v) is 6.41. The van der Waals surface area contributed by atoms with Gasteiger partial charge in [-0.15, -0.1) is 11.6 Å². The number of rotatable bonds is 5. The van der Waals surface area contributed by atoms with Gasteiger partial charge in [-0.3, -0.25) is 4.68 Å². The highest BCUT2D eigenvalue weighted by Crippen LogP contribution is 2.29. The molecule has 5 nitrogen and oxygen atoms in total. The molecular formula is C13H22ClN3O2S. The molecule has 1 aliphatic rings. The molecule has 1 aliphatic heterocycles. The molecule has 1 saturated heterocycles. The first-order valence-corrected chi connectivity index (χ1v) is 8.99. The number of alkyl halides is 1. The van der Waals surface area contributed by atoms with Gasteiger partial charge in [-0.25, -0.2) is 8.42 Å². The molecule has 0 N–H and O–H groups in total. The smallest absolute Gasteiger partial charge is 0.246 e. The second-order valence-electron chi connectivity index (χ2n) is 5.37. The van der Waals surface area contributed by atoms with Crippen molar-refractivity contribution in [3.63, 3.8) is 0 Å². The zero-order valence-corrected chi connectivity index (χ0v) is 13.8. The number of hydrogen-bond donors (Lipinski definition) is 0. The first-order valence-electron chi connectivity index (χ1n) is 7.01. The van der Waals surface area contributed by atoms with Gasteiger partial charge in [0.25, 0.3) is 0 Å². The summed E-state index contributed by atoms with van der Waals surface area (Å²) < 4.78 is 29.0. The molecule has 0 saturated carbocycles. The molecular weight excluding hydrogens is 298 g/mol. The van der Waals surface area contributed by atoms with Crippen LogP contribution in [-0.4, -0.2) is 41.0 Å². The van der Waals surface area contributed by atoms with Crippen molar-refractivity contribution in [2.75, 3.05) is 12.4 Å². The fourth-order valence-electron chi connectivity index (χ4n) is 2.86. The molecule has 1 fully saturated rings. The fourth-order valence-corrected chi connectivity index (χ4v) is 5.06. The molecule has 1 unspecified atom stereocenters. The first kappa shape index (κ1) is 15.8. The number of halogens is 1. The van der Waals surface area contributed by atoms with Crippen molar-refractivity contribution in [2.24, 2.45) is 0 Å². The van der Waals surface area contributed by atoms with Gasteiger partial charge in [-0.2, -0.15) is 9.40 Å². The molecule has 0 aliphatic carbocycles. The van der Waals surface area contributed by atoms with Crippen molar-refractivity contribution < 1.29 is 8.42 Å². The van der Waals surface area contributed by atoms with Crippen molar-refractivity contribution >= 4 is 21.6 Å². The van der Waals surface area contributed by atoms with Crippen LogP contribution in [0, 0.1) is 13.8 Å². The van der Waals surface area contributed by atoms with Gasteiger partial charge < -0.3 is 0 Å². The predicted octanol–water partition coefficient (Wildman–Crippen LogP) is 2.30. The maximum Gasteiger partial charge on any atom is 0.246 e. The Kier molecular flexibility index (Phi) is 4.76. The molecule has 0 bridgehead atoms. The van der Waals surface area contributed by atoms with Gasteiger partial charge >= 0.3 is 0 Å². The Morgan fingerprint density at radius 3 is 2.65 bits per heavy atom. The fraction of sp³-hybridized carbons (Fsp3) is 0.769. The molecule has 0 amide bonds. The Morgan fingerprint density at radius 1 is 1.40 bits per heavy atom. The zero-order valence-electron chi connectivity index (χ0n) is 12.3. The van der Waals surface area contributed by atoms with Crippen LogP contribution < -0.4 is 0 Å². The van der Waals surface area contributed by atoms with Gasteiger partial charge in [0.2, 0.25) is 10.0 Å². The molecule has 1 atom stereocenters. The van der Waals surface area contributed by atoms with Crippen molar-refractivity contribution in [1.29, 1.82) is 0 Å². The average Bonchev–Trinajstić information content (AvgIpc) is 2.91. The van der Waals surface area contributed by atoms with E-state index in [0.29, 0.717) is 35.3 Å². The normalized spacial score (nSPS) is 20.7. The number of aryl methyl sites for hydroxylation is 2. The van der Waals surface area contributed by atoms with E-state index in [-0.39, 0.29) is 6.04 Å². The highest BCUT2D eigenvalue weighted by molar-refractivity contribution is 7.89. The summed E-state index contributed by atoms with van der Waals surface area (Å²) in [4.78, 5) is 0.376. The summed E-state index contributed by atoms with van der Waals surface area (Å²) in [5.41, 5.74) is 1.29. The summed E-state index contributed by atoms with van der Waals surface area (Å²) in [6.45, 7) is 6.81. The Balaban J connectivity index is 2.39. The number of nitrogens with zero attached hydrogens (tertiary/aromatic N) is 3. The maximum absolute atomic E-state index is 12.8. The number of aromatic nitrogens is 2. The van der Waals surface area contributed by atoms with E-state index in [2.05, 4.69) is 5.10 Å². The van der Waals surface area contributed by atoms with Gasteiger partial charge in [-0.1, -0.05) is 0 Å². The molecule has 20 heavy (non-hydrogen) atoms. The minimum Gasteiger partial charge on any atom is -0.268 e. The Morgan fingerprint density at radius 2 is 2.10 bits per heavy atom. The van der Waals surface area contributed by atoms with Gasteiger partial charge in [0, 0.05) is 25.0 Å². The van der Waals surface area contributed by atoms with Crippen LogP contribution in [0.15, 0.2) is 4.90 Å². The second-order valence-corrected chi connectivity index (χ2v) is 7.58. The second kappa shape index (κ2) is 6.03. The van der Waals surface area contributed by atoms with Crippen molar-refractivity contribution in [1.82, 2.24) is 14.1 Å². The highest BCUT2D eigenvalue weighted by Gasteiger charge is 2.36. The lowest BCUT2D eigenvalue weighted by Gasteiger charge is -2.21. The standard InChI is InChI=1S/C13H22ClN3O2S/c1-10-6-4-9-17(10)20(18,19)13-11(2)15-16(12(13)3)8-5-7-14/h10H,4-9H2,1-3H3. The molecule has 1 aromatic rings. The molecule has 0 radical (unpaired) electrons. The largest absolute Gasteiger partial charge is 0.268 e. The third-order valence-electron chi connectivity index (χ3n) is 3.88. The molecule has 0 aromatic carbocycles. The Labute approximate surface area is 126 Å². The summed E-state index contributed by atoms with van der Waals surface area (Å²) in [5.74, 6) is 0.545. The highest BCUT2D eigenvalue weighted by atomic mass is 35.5. The Bertz CT molecular complexity index is 583.